The van der Waals surface area contributed by atoms with Gasteiger partial charge in [-0.05, 0) is 50.1 Å². The lowest BCUT2D eigenvalue weighted by Gasteiger charge is -2.34. The number of aryl methyl sites for hydroxylation is 1. The molecule has 0 amide bonds. The fourth-order valence-electron chi connectivity index (χ4n) is 3.12. The van der Waals surface area contributed by atoms with E-state index in [9.17, 15) is 8.42 Å². The van der Waals surface area contributed by atoms with Gasteiger partial charge in [-0.15, -0.1) is 0 Å². The van der Waals surface area contributed by atoms with E-state index in [4.69, 9.17) is 23.2 Å². The van der Waals surface area contributed by atoms with Crippen LogP contribution in [0.4, 0.5) is 0 Å². The van der Waals surface area contributed by atoms with Crippen LogP contribution >= 0.6 is 23.2 Å². The molecule has 1 aromatic heterocycles. The molecule has 0 N–H and O–H groups in total. The van der Waals surface area contributed by atoms with E-state index in [1.54, 1.807) is 19.9 Å². The topological polar surface area (TPSA) is 42.3 Å². The Hall–Kier alpha value is -1.01. The SMILES string of the molecule is Cc1cc(Cl)c(C)c(S(=O)(=O)N2CCn3cccc3[C@@H]2C)c1Cl. The highest BCUT2D eigenvalue weighted by Crippen LogP contribution is 2.38. The highest BCUT2D eigenvalue weighted by atomic mass is 35.5. The molecule has 4 nitrogen and oxygen atoms in total. The molecule has 1 aliphatic heterocycles. The lowest BCUT2D eigenvalue weighted by Crippen LogP contribution is -2.41. The first-order valence-corrected chi connectivity index (χ1v) is 9.57. The summed E-state index contributed by atoms with van der Waals surface area (Å²) in [6.45, 7) is 6.38. The van der Waals surface area contributed by atoms with E-state index in [1.807, 2.05) is 25.3 Å². The molecule has 2 heterocycles. The number of fused-ring (bicyclic) bond motifs is 1. The molecule has 3 rings (SSSR count). The first-order chi connectivity index (χ1) is 10.7. The summed E-state index contributed by atoms with van der Waals surface area (Å²) in [5, 5.41) is 0.665. The van der Waals surface area contributed by atoms with Crippen molar-refractivity contribution in [2.45, 2.75) is 38.3 Å². The Morgan fingerprint density at radius 3 is 2.61 bits per heavy atom. The maximum atomic E-state index is 13.2. The fraction of sp³-hybridized carbons (Fsp3) is 0.375. The van der Waals surface area contributed by atoms with E-state index in [2.05, 4.69) is 4.57 Å². The van der Waals surface area contributed by atoms with Crippen molar-refractivity contribution in [3.8, 4) is 0 Å². The van der Waals surface area contributed by atoms with Gasteiger partial charge in [-0.1, -0.05) is 23.2 Å². The zero-order valence-corrected chi connectivity index (χ0v) is 15.5. The summed E-state index contributed by atoms with van der Waals surface area (Å²) in [6, 6.07) is 5.33. The number of halogens is 2. The number of hydrogen-bond acceptors (Lipinski definition) is 2. The van der Waals surface area contributed by atoms with Gasteiger partial charge in [-0.25, -0.2) is 8.42 Å². The van der Waals surface area contributed by atoms with Crippen LogP contribution in [0.1, 0.15) is 29.8 Å². The zero-order valence-electron chi connectivity index (χ0n) is 13.2. The van der Waals surface area contributed by atoms with E-state index in [-0.39, 0.29) is 16.0 Å². The summed E-state index contributed by atoms with van der Waals surface area (Å²) in [5.41, 5.74) is 2.14. The van der Waals surface area contributed by atoms with Crippen LogP contribution in [0.2, 0.25) is 10.0 Å². The van der Waals surface area contributed by atoms with Crippen LogP contribution in [0, 0.1) is 13.8 Å². The van der Waals surface area contributed by atoms with Gasteiger partial charge in [0.25, 0.3) is 0 Å². The van der Waals surface area contributed by atoms with Crippen molar-refractivity contribution in [3.05, 3.63) is 51.3 Å². The Bertz CT molecular complexity index is 848. The molecule has 0 unspecified atom stereocenters. The highest BCUT2D eigenvalue weighted by molar-refractivity contribution is 7.89. The van der Waals surface area contributed by atoms with E-state index >= 15 is 0 Å². The summed E-state index contributed by atoms with van der Waals surface area (Å²) in [6.07, 6.45) is 1.97. The standard InChI is InChI=1S/C16H18Cl2N2O2S/c1-10-9-13(17)11(2)16(15(10)18)23(21,22)20-8-7-19-6-4-5-14(19)12(20)3/h4-6,9,12H,7-8H2,1-3H3/t12-/m0/s1. The van der Waals surface area contributed by atoms with E-state index in [0.29, 0.717) is 29.2 Å². The zero-order chi connectivity index (χ0) is 16.9. The van der Waals surface area contributed by atoms with Gasteiger partial charge in [-0.2, -0.15) is 4.31 Å². The van der Waals surface area contributed by atoms with Crippen molar-refractivity contribution in [1.29, 1.82) is 0 Å². The maximum absolute atomic E-state index is 13.2. The lowest BCUT2D eigenvalue weighted by atomic mass is 10.2. The van der Waals surface area contributed by atoms with E-state index in [1.165, 1.54) is 4.31 Å². The van der Waals surface area contributed by atoms with Crippen LogP contribution in [0.3, 0.4) is 0 Å². The third-order valence-corrected chi connectivity index (χ3v) is 7.57. The lowest BCUT2D eigenvalue weighted by molar-refractivity contribution is 0.282. The van der Waals surface area contributed by atoms with E-state index in [0.717, 1.165) is 5.69 Å². The summed E-state index contributed by atoms with van der Waals surface area (Å²) in [7, 11) is -3.73. The number of sulfonamides is 1. The van der Waals surface area contributed by atoms with Crippen LogP contribution in [0.5, 0.6) is 0 Å². The minimum Gasteiger partial charge on any atom is -0.349 e. The minimum atomic E-state index is -3.73. The molecule has 124 valence electrons. The molecule has 0 bridgehead atoms. The quantitative estimate of drug-likeness (QED) is 0.793. The van der Waals surface area contributed by atoms with Gasteiger partial charge in [0.15, 0.2) is 0 Å². The Balaban J connectivity index is 2.14. The molecular weight excluding hydrogens is 355 g/mol. The predicted octanol–water partition coefficient (Wildman–Crippen LogP) is 4.18. The first kappa shape index (κ1) is 16.8. The monoisotopic (exact) mass is 372 g/mol. The third kappa shape index (κ3) is 2.60. The second-order valence-corrected chi connectivity index (χ2v) is 8.47. The molecule has 0 saturated heterocycles. The average Bonchev–Trinajstić information content (AvgIpc) is 2.94. The van der Waals surface area contributed by atoms with Gasteiger partial charge in [0.1, 0.15) is 4.90 Å². The molecule has 0 spiro atoms. The van der Waals surface area contributed by atoms with Crippen LogP contribution in [-0.4, -0.2) is 23.8 Å². The minimum absolute atomic E-state index is 0.121. The summed E-state index contributed by atoms with van der Waals surface area (Å²) in [5.74, 6) is 0. The second-order valence-electron chi connectivity index (χ2n) is 5.86. The summed E-state index contributed by atoms with van der Waals surface area (Å²) in [4.78, 5) is 0.121. The summed E-state index contributed by atoms with van der Waals surface area (Å²) < 4.78 is 30.1. The molecule has 7 heteroatoms. The van der Waals surface area contributed by atoms with Crippen molar-refractivity contribution >= 4 is 33.2 Å². The Morgan fingerprint density at radius 1 is 1.22 bits per heavy atom. The first-order valence-electron chi connectivity index (χ1n) is 7.37. The fourth-order valence-corrected chi connectivity index (χ4v) is 5.89. The molecule has 0 radical (unpaired) electrons. The largest absolute Gasteiger partial charge is 0.349 e. The van der Waals surface area contributed by atoms with Crippen molar-refractivity contribution in [2.75, 3.05) is 6.54 Å². The summed E-state index contributed by atoms with van der Waals surface area (Å²) >= 11 is 12.5. The van der Waals surface area contributed by atoms with Crippen molar-refractivity contribution < 1.29 is 8.42 Å². The van der Waals surface area contributed by atoms with Crippen LogP contribution in [0.25, 0.3) is 0 Å². The van der Waals surface area contributed by atoms with Crippen LogP contribution in [-0.2, 0) is 16.6 Å². The van der Waals surface area contributed by atoms with Crippen molar-refractivity contribution in [3.63, 3.8) is 0 Å². The number of aromatic nitrogens is 1. The van der Waals surface area contributed by atoms with Crippen molar-refractivity contribution in [2.24, 2.45) is 0 Å². The van der Waals surface area contributed by atoms with Gasteiger partial charge in [-0.3, -0.25) is 0 Å². The van der Waals surface area contributed by atoms with Gasteiger partial charge in [0, 0.05) is 30.0 Å². The molecule has 1 aliphatic rings. The number of benzene rings is 1. The number of rotatable bonds is 2. The van der Waals surface area contributed by atoms with Gasteiger partial charge in [0.2, 0.25) is 10.0 Å². The van der Waals surface area contributed by atoms with Crippen LogP contribution < -0.4 is 0 Å². The molecule has 0 saturated carbocycles. The van der Waals surface area contributed by atoms with Crippen LogP contribution in [0.15, 0.2) is 29.3 Å². The normalized spacial score (nSPS) is 18.9. The van der Waals surface area contributed by atoms with Gasteiger partial charge >= 0.3 is 0 Å². The second kappa shape index (κ2) is 5.81. The predicted molar refractivity (Wildman–Crippen MR) is 92.7 cm³/mol. The molecule has 0 aliphatic carbocycles. The highest BCUT2D eigenvalue weighted by Gasteiger charge is 2.36. The smallest absolute Gasteiger partial charge is 0.245 e. The Morgan fingerprint density at radius 2 is 1.91 bits per heavy atom. The number of nitrogens with zero attached hydrogens (tertiary/aromatic N) is 2. The Labute approximate surface area is 146 Å². The molecule has 23 heavy (non-hydrogen) atoms. The van der Waals surface area contributed by atoms with Crippen molar-refractivity contribution in [1.82, 2.24) is 8.87 Å². The maximum Gasteiger partial charge on any atom is 0.245 e. The van der Waals surface area contributed by atoms with E-state index < -0.39 is 10.0 Å². The molecule has 1 atom stereocenters. The molecular formula is C16H18Cl2N2O2S. The Kier molecular flexibility index (Phi) is 4.25. The van der Waals surface area contributed by atoms with Gasteiger partial charge in [0.05, 0.1) is 11.1 Å². The van der Waals surface area contributed by atoms with Gasteiger partial charge < -0.3 is 4.57 Å². The average molecular weight is 373 g/mol. The third-order valence-electron chi connectivity index (χ3n) is 4.44. The number of hydrogen-bond donors (Lipinski definition) is 0. The molecule has 1 aromatic carbocycles. The molecule has 0 fully saturated rings. The molecule has 2 aromatic rings.